The number of aromatic nitrogens is 3. The summed E-state index contributed by atoms with van der Waals surface area (Å²) in [5, 5.41) is 4.84. The minimum Gasteiger partial charge on any atom is -0.262 e. The van der Waals surface area contributed by atoms with Gasteiger partial charge in [-0.1, -0.05) is 23.7 Å². The summed E-state index contributed by atoms with van der Waals surface area (Å²) in [6.45, 7) is 0.500. The standard InChI is InChI=1S/C12H14ClN3O3S/c1-20(17,18)19-8-12-14-9-16(15-12)7-6-10-2-4-11(13)5-3-10/h2-5,9H,6-8H2,1H3. The summed E-state index contributed by atoms with van der Waals surface area (Å²) in [5.74, 6) is 0.339. The van der Waals surface area contributed by atoms with E-state index in [4.69, 9.17) is 11.6 Å². The number of aryl methyl sites for hydroxylation is 2. The molecule has 1 aromatic carbocycles. The molecule has 6 nitrogen and oxygen atoms in total. The van der Waals surface area contributed by atoms with E-state index in [-0.39, 0.29) is 6.61 Å². The van der Waals surface area contributed by atoms with Crippen LogP contribution in [0, 0.1) is 0 Å². The van der Waals surface area contributed by atoms with Crippen molar-refractivity contribution < 1.29 is 12.6 Å². The van der Waals surface area contributed by atoms with E-state index < -0.39 is 10.1 Å². The number of nitrogens with zero attached hydrogens (tertiary/aromatic N) is 3. The first-order chi connectivity index (χ1) is 9.42. The zero-order valence-electron chi connectivity index (χ0n) is 10.9. The first kappa shape index (κ1) is 15.0. The van der Waals surface area contributed by atoms with Crippen molar-refractivity contribution in [3.05, 3.63) is 47.0 Å². The van der Waals surface area contributed by atoms with Gasteiger partial charge >= 0.3 is 0 Å². The molecule has 0 saturated carbocycles. The zero-order chi connectivity index (χ0) is 14.6. The first-order valence-electron chi connectivity index (χ1n) is 5.89. The van der Waals surface area contributed by atoms with Crippen LogP contribution in [0.2, 0.25) is 5.02 Å². The Kier molecular flexibility index (Phi) is 4.74. The van der Waals surface area contributed by atoms with Gasteiger partial charge in [-0.15, -0.1) is 0 Å². The summed E-state index contributed by atoms with van der Waals surface area (Å²) >= 11 is 5.81. The van der Waals surface area contributed by atoms with Gasteiger partial charge in [0.15, 0.2) is 5.82 Å². The van der Waals surface area contributed by atoms with E-state index >= 15 is 0 Å². The zero-order valence-corrected chi connectivity index (χ0v) is 12.4. The molecule has 1 aromatic heterocycles. The number of benzene rings is 1. The Balaban J connectivity index is 1.88. The highest BCUT2D eigenvalue weighted by Gasteiger charge is 2.06. The molecule has 2 rings (SSSR count). The average molecular weight is 316 g/mol. The molecule has 0 aliphatic heterocycles. The summed E-state index contributed by atoms with van der Waals surface area (Å²) < 4.78 is 28.0. The Labute approximate surface area is 122 Å². The SMILES string of the molecule is CS(=O)(=O)OCc1ncn(CCc2ccc(Cl)cc2)n1. The third-order valence-corrected chi connectivity index (χ3v) is 3.33. The smallest absolute Gasteiger partial charge is 0.262 e. The normalized spacial score (nSPS) is 11.7. The van der Waals surface area contributed by atoms with Crippen molar-refractivity contribution in [3.63, 3.8) is 0 Å². The molecule has 0 amide bonds. The second-order valence-electron chi connectivity index (χ2n) is 4.27. The molecule has 0 bridgehead atoms. The van der Waals surface area contributed by atoms with Crippen LogP contribution in [-0.2, 0) is 33.9 Å². The molecule has 8 heteroatoms. The van der Waals surface area contributed by atoms with Gasteiger partial charge < -0.3 is 0 Å². The van der Waals surface area contributed by atoms with Gasteiger partial charge in [0.1, 0.15) is 12.9 Å². The minimum absolute atomic E-state index is 0.146. The minimum atomic E-state index is -3.47. The Morgan fingerprint density at radius 3 is 2.65 bits per heavy atom. The predicted octanol–water partition coefficient (Wildman–Crippen LogP) is 1.65. The average Bonchev–Trinajstić information content (AvgIpc) is 2.83. The topological polar surface area (TPSA) is 74.1 Å². The highest BCUT2D eigenvalue weighted by Crippen LogP contribution is 2.10. The van der Waals surface area contributed by atoms with E-state index in [1.165, 1.54) is 0 Å². The number of hydrogen-bond donors (Lipinski definition) is 0. The molecule has 0 aliphatic carbocycles. The van der Waals surface area contributed by atoms with Gasteiger partial charge in [0, 0.05) is 11.6 Å². The van der Waals surface area contributed by atoms with Crippen LogP contribution >= 0.6 is 11.6 Å². The van der Waals surface area contributed by atoms with Crippen molar-refractivity contribution in [1.29, 1.82) is 0 Å². The van der Waals surface area contributed by atoms with Crippen molar-refractivity contribution in [2.24, 2.45) is 0 Å². The van der Waals surface area contributed by atoms with Crippen molar-refractivity contribution in [2.75, 3.05) is 6.26 Å². The molecule has 0 aliphatic rings. The van der Waals surface area contributed by atoms with Crippen LogP contribution in [0.4, 0.5) is 0 Å². The summed E-state index contributed by atoms with van der Waals surface area (Å²) in [6, 6.07) is 7.58. The lowest BCUT2D eigenvalue weighted by Gasteiger charge is -2.01. The molecule has 20 heavy (non-hydrogen) atoms. The Morgan fingerprint density at radius 2 is 2.00 bits per heavy atom. The van der Waals surface area contributed by atoms with Crippen molar-refractivity contribution in [1.82, 2.24) is 14.8 Å². The lowest BCUT2D eigenvalue weighted by Crippen LogP contribution is -2.06. The molecule has 0 N–H and O–H groups in total. The van der Waals surface area contributed by atoms with Crippen LogP contribution in [0.3, 0.4) is 0 Å². The molecule has 0 spiro atoms. The molecule has 108 valence electrons. The van der Waals surface area contributed by atoms with Crippen molar-refractivity contribution in [2.45, 2.75) is 19.6 Å². The third kappa shape index (κ3) is 4.92. The third-order valence-electron chi connectivity index (χ3n) is 2.53. The fourth-order valence-corrected chi connectivity index (χ4v) is 2.01. The van der Waals surface area contributed by atoms with E-state index in [0.717, 1.165) is 18.2 Å². The molecular formula is C12H14ClN3O3S. The summed E-state index contributed by atoms with van der Waals surface area (Å²) in [7, 11) is -3.47. The van der Waals surface area contributed by atoms with Crippen LogP contribution in [-0.4, -0.2) is 29.4 Å². The van der Waals surface area contributed by atoms with Gasteiger partial charge in [0.05, 0.1) is 6.26 Å². The molecule has 0 radical (unpaired) electrons. The first-order valence-corrected chi connectivity index (χ1v) is 8.09. The second kappa shape index (κ2) is 6.34. The summed E-state index contributed by atoms with van der Waals surface area (Å²) in [4.78, 5) is 3.99. The highest BCUT2D eigenvalue weighted by molar-refractivity contribution is 7.85. The van der Waals surface area contributed by atoms with Crippen LogP contribution in [0.25, 0.3) is 0 Å². The Bertz CT molecular complexity index is 668. The molecule has 0 saturated heterocycles. The molecule has 0 unspecified atom stereocenters. The maximum absolute atomic E-state index is 10.9. The highest BCUT2D eigenvalue weighted by atomic mass is 35.5. The molecule has 0 fully saturated rings. The van der Waals surface area contributed by atoms with Gasteiger partial charge in [-0.2, -0.15) is 13.5 Å². The van der Waals surface area contributed by atoms with Crippen LogP contribution in [0.1, 0.15) is 11.4 Å². The summed E-state index contributed by atoms with van der Waals surface area (Å²) in [5.41, 5.74) is 1.14. The van der Waals surface area contributed by atoms with E-state index in [9.17, 15) is 8.42 Å². The predicted molar refractivity (Wildman–Crippen MR) is 74.8 cm³/mol. The lowest BCUT2D eigenvalue weighted by molar-refractivity contribution is 0.301. The van der Waals surface area contributed by atoms with E-state index in [1.54, 1.807) is 11.0 Å². The lowest BCUT2D eigenvalue weighted by atomic mass is 10.1. The number of halogens is 1. The molecular weight excluding hydrogens is 302 g/mol. The monoisotopic (exact) mass is 315 g/mol. The van der Waals surface area contributed by atoms with Crippen LogP contribution in [0.5, 0.6) is 0 Å². The van der Waals surface area contributed by atoms with Crippen LogP contribution < -0.4 is 0 Å². The molecule has 2 aromatic rings. The van der Waals surface area contributed by atoms with Crippen LogP contribution in [0.15, 0.2) is 30.6 Å². The number of rotatable bonds is 6. The fraction of sp³-hybridized carbons (Fsp3) is 0.333. The Morgan fingerprint density at radius 1 is 1.30 bits per heavy atom. The van der Waals surface area contributed by atoms with E-state index in [1.807, 2.05) is 24.3 Å². The summed E-state index contributed by atoms with van der Waals surface area (Å²) in [6.07, 6.45) is 3.33. The largest absolute Gasteiger partial charge is 0.264 e. The molecule has 1 heterocycles. The quantitative estimate of drug-likeness (QED) is 0.758. The van der Waals surface area contributed by atoms with E-state index in [0.29, 0.717) is 17.4 Å². The van der Waals surface area contributed by atoms with Gasteiger partial charge in [-0.3, -0.25) is 8.86 Å². The van der Waals surface area contributed by atoms with E-state index in [2.05, 4.69) is 14.3 Å². The fourth-order valence-electron chi connectivity index (χ4n) is 1.56. The van der Waals surface area contributed by atoms with Gasteiger partial charge in [-0.05, 0) is 24.1 Å². The number of hydrogen-bond acceptors (Lipinski definition) is 5. The van der Waals surface area contributed by atoms with Crippen molar-refractivity contribution >= 4 is 21.7 Å². The van der Waals surface area contributed by atoms with Gasteiger partial charge in [0.25, 0.3) is 10.1 Å². The van der Waals surface area contributed by atoms with Crippen molar-refractivity contribution in [3.8, 4) is 0 Å². The maximum atomic E-state index is 10.9. The maximum Gasteiger partial charge on any atom is 0.264 e. The van der Waals surface area contributed by atoms with Gasteiger partial charge in [-0.25, -0.2) is 4.98 Å². The Hall–Kier alpha value is -1.44. The second-order valence-corrected chi connectivity index (χ2v) is 6.35. The van der Waals surface area contributed by atoms with Gasteiger partial charge in [0.2, 0.25) is 0 Å². The molecule has 0 atom stereocenters.